The van der Waals surface area contributed by atoms with E-state index in [9.17, 15) is 14.4 Å². The fraction of sp³-hybridized carbons (Fsp3) is 0.750. The second kappa shape index (κ2) is 12.2. The maximum absolute atomic E-state index is 11.7. The summed E-state index contributed by atoms with van der Waals surface area (Å²) in [5.74, 6) is -0.719. The van der Waals surface area contributed by atoms with Crippen molar-refractivity contribution in [2.75, 3.05) is 33.9 Å². The molecule has 1 unspecified atom stereocenters. The average Bonchev–Trinajstić information content (AvgIpc) is 2.43. The van der Waals surface area contributed by atoms with Gasteiger partial charge in [0.05, 0.1) is 13.7 Å². The van der Waals surface area contributed by atoms with Crippen LogP contribution in [0.5, 0.6) is 0 Å². The number of carbonyl (C=O) groups is 3. The van der Waals surface area contributed by atoms with E-state index in [-0.39, 0.29) is 44.3 Å². The molecule has 8 nitrogen and oxygen atoms in total. The van der Waals surface area contributed by atoms with Crippen molar-refractivity contribution < 1.29 is 23.9 Å². The molecule has 0 radical (unpaired) electrons. The summed E-state index contributed by atoms with van der Waals surface area (Å²) in [6, 6.07) is -0.802. The number of amides is 2. The van der Waals surface area contributed by atoms with Crippen LogP contribution in [0.2, 0.25) is 0 Å². The van der Waals surface area contributed by atoms with Gasteiger partial charge in [0, 0.05) is 20.0 Å². The van der Waals surface area contributed by atoms with Crippen molar-refractivity contribution >= 4 is 30.4 Å². The SMILES string of the molecule is CCNC(=O)OCCN(C)C(=O)CCC(N)C(=O)OC.Cl. The van der Waals surface area contributed by atoms with Crippen LogP contribution in [-0.4, -0.2) is 62.8 Å². The van der Waals surface area contributed by atoms with E-state index in [1.165, 1.54) is 12.0 Å². The lowest BCUT2D eigenvalue weighted by molar-refractivity contribution is -0.142. The Labute approximate surface area is 130 Å². The highest BCUT2D eigenvalue weighted by atomic mass is 35.5. The molecular formula is C12H24ClN3O5. The minimum atomic E-state index is -0.802. The van der Waals surface area contributed by atoms with Gasteiger partial charge in [-0.3, -0.25) is 9.59 Å². The Morgan fingerprint density at radius 2 is 1.95 bits per heavy atom. The first-order valence-corrected chi connectivity index (χ1v) is 6.40. The number of likely N-dealkylation sites (N-methyl/N-ethyl adjacent to an activating group) is 1. The van der Waals surface area contributed by atoms with E-state index in [4.69, 9.17) is 10.5 Å². The summed E-state index contributed by atoms with van der Waals surface area (Å²) < 4.78 is 9.31. The van der Waals surface area contributed by atoms with E-state index in [0.717, 1.165) is 0 Å². The third-order valence-electron chi connectivity index (χ3n) is 2.58. The van der Waals surface area contributed by atoms with Crippen LogP contribution in [0.3, 0.4) is 0 Å². The molecule has 0 saturated heterocycles. The molecular weight excluding hydrogens is 302 g/mol. The summed E-state index contributed by atoms with van der Waals surface area (Å²) in [7, 11) is 2.84. The molecule has 124 valence electrons. The Morgan fingerprint density at radius 3 is 2.48 bits per heavy atom. The van der Waals surface area contributed by atoms with Gasteiger partial charge in [-0.05, 0) is 13.3 Å². The summed E-state index contributed by atoms with van der Waals surface area (Å²) in [5, 5.41) is 2.47. The fourth-order valence-electron chi connectivity index (χ4n) is 1.33. The van der Waals surface area contributed by atoms with E-state index in [0.29, 0.717) is 6.54 Å². The monoisotopic (exact) mass is 325 g/mol. The third kappa shape index (κ3) is 9.91. The summed E-state index contributed by atoms with van der Waals surface area (Å²) in [4.78, 5) is 35.2. The van der Waals surface area contributed by atoms with Gasteiger partial charge in [0.25, 0.3) is 0 Å². The number of methoxy groups -OCH3 is 1. The van der Waals surface area contributed by atoms with Crippen molar-refractivity contribution in [3.63, 3.8) is 0 Å². The Hall–Kier alpha value is -1.54. The normalized spacial score (nSPS) is 10.9. The lowest BCUT2D eigenvalue weighted by atomic mass is 10.1. The molecule has 2 amide bonds. The number of carbonyl (C=O) groups excluding carboxylic acids is 3. The maximum atomic E-state index is 11.7. The van der Waals surface area contributed by atoms with Crippen molar-refractivity contribution in [1.29, 1.82) is 0 Å². The Morgan fingerprint density at radius 1 is 1.33 bits per heavy atom. The van der Waals surface area contributed by atoms with Gasteiger partial charge >= 0.3 is 12.1 Å². The fourth-order valence-corrected chi connectivity index (χ4v) is 1.33. The van der Waals surface area contributed by atoms with Gasteiger partial charge in [-0.25, -0.2) is 4.79 Å². The van der Waals surface area contributed by atoms with Gasteiger partial charge in [0.1, 0.15) is 12.6 Å². The van der Waals surface area contributed by atoms with Crippen LogP contribution in [0.15, 0.2) is 0 Å². The van der Waals surface area contributed by atoms with Crippen LogP contribution < -0.4 is 11.1 Å². The first-order chi connectivity index (χ1) is 9.42. The minimum Gasteiger partial charge on any atom is -0.468 e. The van der Waals surface area contributed by atoms with Crippen molar-refractivity contribution in [3.8, 4) is 0 Å². The molecule has 0 aliphatic carbocycles. The lowest BCUT2D eigenvalue weighted by Gasteiger charge is -2.18. The lowest BCUT2D eigenvalue weighted by Crippen LogP contribution is -2.36. The smallest absolute Gasteiger partial charge is 0.407 e. The first kappa shape index (κ1) is 21.8. The molecule has 0 spiro atoms. The molecule has 0 aromatic heterocycles. The zero-order valence-corrected chi connectivity index (χ0v) is 13.4. The van der Waals surface area contributed by atoms with Gasteiger partial charge in [-0.1, -0.05) is 0 Å². The molecule has 0 aromatic rings. The number of nitrogens with one attached hydrogen (secondary N) is 1. The molecule has 3 N–H and O–H groups in total. The third-order valence-corrected chi connectivity index (χ3v) is 2.58. The second-order valence-electron chi connectivity index (χ2n) is 4.15. The number of rotatable bonds is 8. The van der Waals surface area contributed by atoms with Gasteiger partial charge in [-0.15, -0.1) is 12.4 Å². The van der Waals surface area contributed by atoms with Crippen LogP contribution in [0.25, 0.3) is 0 Å². The van der Waals surface area contributed by atoms with E-state index in [1.54, 1.807) is 14.0 Å². The summed E-state index contributed by atoms with van der Waals surface area (Å²) in [6.45, 7) is 2.65. The van der Waals surface area contributed by atoms with E-state index < -0.39 is 18.1 Å². The number of hydrogen-bond acceptors (Lipinski definition) is 6. The van der Waals surface area contributed by atoms with Crippen LogP contribution in [0, 0.1) is 0 Å². The topological polar surface area (TPSA) is 111 Å². The highest BCUT2D eigenvalue weighted by molar-refractivity contribution is 5.85. The molecule has 0 aliphatic heterocycles. The van der Waals surface area contributed by atoms with Crippen molar-refractivity contribution in [3.05, 3.63) is 0 Å². The predicted octanol–water partition coefficient (Wildman–Crippen LogP) is -0.107. The first-order valence-electron chi connectivity index (χ1n) is 6.40. The largest absolute Gasteiger partial charge is 0.468 e. The maximum Gasteiger partial charge on any atom is 0.407 e. The zero-order valence-electron chi connectivity index (χ0n) is 12.6. The van der Waals surface area contributed by atoms with E-state index >= 15 is 0 Å². The quantitative estimate of drug-likeness (QED) is 0.602. The highest BCUT2D eigenvalue weighted by Gasteiger charge is 2.17. The molecule has 0 aliphatic rings. The molecule has 0 bridgehead atoms. The average molecular weight is 326 g/mol. The van der Waals surface area contributed by atoms with E-state index in [1.807, 2.05) is 0 Å². The van der Waals surface area contributed by atoms with Crippen LogP contribution in [0.1, 0.15) is 19.8 Å². The molecule has 0 aromatic carbocycles. The standard InChI is InChI=1S/C12H23N3O5.ClH/c1-4-14-12(18)20-8-7-15(2)10(16)6-5-9(13)11(17)19-3;/h9H,4-8,13H2,1-3H3,(H,14,18);1H. The van der Waals surface area contributed by atoms with Crippen LogP contribution in [0.4, 0.5) is 4.79 Å². The number of nitrogens with zero attached hydrogens (tertiary/aromatic N) is 1. The van der Waals surface area contributed by atoms with Gasteiger partial charge in [-0.2, -0.15) is 0 Å². The number of hydrogen-bond donors (Lipinski definition) is 2. The summed E-state index contributed by atoms with van der Waals surface area (Å²) in [6.07, 6.45) is -0.165. The molecule has 0 fully saturated rings. The summed E-state index contributed by atoms with van der Waals surface area (Å²) in [5.41, 5.74) is 5.53. The molecule has 9 heteroatoms. The van der Waals surface area contributed by atoms with Gasteiger partial charge in [0.15, 0.2) is 0 Å². The van der Waals surface area contributed by atoms with Crippen molar-refractivity contribution in [2.24, 2.45) is 5.73 Å². The molecule has 0 heterocycles. The molecule has 1 atom stereocenters. The molecule has 21 heavy (non-hydrogen) atoms. The number of nitrogens with two attached hydrogens (primary N) is 1. The number of halogens is 1. The summed E-state index contributed by atoms with van der Waals surface area (Å²) >= 11 is 0. The number of ether oxygens (including phenoxy) is 2. The minimum absolute atomic E-state index is 0. The van der Waals surface area contributed by atoms with Gasteiger partial charge in [0.2, 0.25) is 5.91 Å². The van der Waals surface area contributed by atoms with Gasteiger partial charge < -0.3 is 25.4 Å². The number of alkyl carbamates (subject to hydrolysis) is 1. The Kier molecular flexibility index (Phi) is 12.7. The highest BCUT2D eigenvalue weighted by Crippen LogP contribution is 2.00. The molecule has 0 rings (SSSR count). The Bertz CT molecular complexity index is 341. The van der Waals surface area contributed by atoms with Crippen LogP contribution in [-0.2, 0) is 19.1 Å². The Balaban J connectivity index is 0. The second-order valence-corrected chi connectivity index (χ2v) is 4.15. The predicted molar refractivity (Wildman–Crippen MR) is 79.1 cm³/mol. The number of esters is 1. The van der Waals surface area contributed by atoms with E-state index in [2.05, 4.69) is 10.1 Å². The van der Waals surface area contributed by atoms with Crippen LogP contribution >= 0.6 is 12.4 Å². The van der Waals surface area contributed by atoms with Crippen molar-refractivity contribution in [1.82, 2.24) is 10.2 Å². The zero-order chi connectivity index (χ0) is 15.5. The van der Waals surface area contributed by atoms with Crippen molar-refractivity contribution in [2.45, 2.75) is 25.8 Å². The molecule has 0 saturated carbocycles.